The van der Waals surface area contributed by atoms with Crippen molar-refractivity contribution < 1.29 is 14.6 Å². The average molecular weight is 241 g/mol. The van der Waals surface area contributed by atoms with Crippen LogP contribution in [0.25, 0.3) is 0 Å². The normalized spacial score (nSPS) is 31.8. The van der Waals surface area contributed by atoms with Crippen LogP contribution < -0.4 is 0 Å². The van der Waals surface area contributed by atoms with Crippen LogP contribution in [0.5, 0.6) is 0 Å². The highest BCUT2D eigenvalue weighted by molar-refractivity contribution is 5.73. The van der Waals surface area contributed by atoms with Crippen molar-refractivity contribution in [3.8, 4) is 0 Å². The fourth-order valence-electron chi connectivity index (χ4n) is 3.52. The van der Waals surface area contributed by atoms with Gasteiger partial charge in [-0.15, -0.1) is 0 Å². The molecule has 1 saturated carbocycles. The number of carboxylic acid groups (broad SMARTS) is 1. The minimum atomic E-state index is -0.738. The van der Waals surface area contributed by atoms with Crippen molar-refractivity contribution in [3.05, 3.63) is 0 Å². The number of rotatable bonds is 4. The van der Waals surface area contributed by atoms with Gasteiger partial charge in [-0.25, -0.2) is 0 Å². The second-order valence-corrected chi connectivity index (χ2v) is 5.30. The van der Waals surface area contributed by atoms with E-state index in [1.54, 1.807) is 7.11 Å². The number of carboxylic acids is 1. The standard InChI is InChI=1S/C13H23NO3/c1-17-9-12(13(15)16)14-8-4-6-10-5-2-3-7-11(10)14/h10-12H,2-9H2,1H3,(H,15,16)/t10-,11-,12?/m1/s1. The number of fused-ring (bicyclic) bond motifs is 1. The second-order valence-electron chi connectivity index (χ2n) is 5.30. The Bertz CT molecular complexity index is 267. The van der Waals surface area contributed by atoms with Gasteiger partial charge in [-0.05, 0) is 38.1 Å². The van der Waals surface area contributed by atoms with Gasteiger partial charge in [-0.1, -0.05) is 12.8 Å². The first-order valence-electron chi connectivity index (χ1n) is 6.71. The van der Waals surface area contributed by atoms with Crippen LogP contribution in [0.2, 0.25) is 0 Å². The number of piperidine rings is 1. The summed E-state index contributed by atoms with van der Waals surface area (Å²) in [5, 5.41) is 9.33. The average Bonchev–Trinajstić information content (AvgIpc) is 2.35. The van der Waals surface area contributed by atoms with Gasteiger partial charge in [-0.2, -0.15) is 0 Å². The van der Waals surface area contributed by atoms with E-state index >= 15 is 0 Å². The summed E-state index contributed by atoms with van der Waals surface area (Å²) >= 11 is 0. The maximum Gasteiger partial charge on any atom is 0.323 e. The van der Waals surface area contributed by atoms with Gasteiger partial charge in [-0.3, -0.25) is 9.69 Å². The Morgan fingerprint density at radius 1 is 1.35 bits per heavy atom. The third-order valence-electron chi connectivity index (χ3n) is 4.30. The summed E-state index contributed by atoms with van der Waals surface area (Å²) in [6, 6.07) is 0.0275. The van der Waals surface area contributed by atoms with Crippen molar-refractivity contribution in [2.45, 2.75) is 50.6 Å². The van der Waals surface area contributed by atoms with Crippen LogP contribution in [-0.2, 0) is 9.53 Å². The zero-order valence-electron chi connectivity index (χ0n) is 10.6. The number of nitrogens with zero attached hydrogens (tertiary/aromatic N) is 1. The van der Waals surface area contributed by atoms with E-state index in [2.05, 4.69) is 4.90 Å². The molecule has 1 aliphatic carbocycles. The van der Waals surface area contributed by atoms with Crippen molar-refractivity contribution in [3.63, 3.8) is 0 Å². The lowest BCUT2D eigenvalue weighted by Gasteiger charge is -2.46. The maximum atomic E-state index is 11.3. The van der Waals surface area contributed by atoms with E-state index < -0.39 is 12.0 Å². The van der Waals surface area contributed by atoms with Gasteiger partial charge < -0.3 is 9.84 Å². The molecule has 2 fully saturated rings. The molecule has 1 unspecified atom stereocenters. The van der Waals surface area contributed by atoms with Gasteiger partial charge in [0.25, 0.3) is 0 Å². The third-order valence-corrected chi connectivity index (χ3v) is 4.30. The van der Waals surface area contributed by atoms with Crippen LogP contribution in [0.15, 0.2) is 0 Å². The Kier molecular flexibility index (Phi) is 4.40. The fraction of sp³-hybridized carbons (Fsp3) is 0.923. The van der Waals surface area contributed by atoms with Gasteiger partial charge in [0.15, 0.2) is 0 Å². The summed E-state index contributed by atoms with van der Waals surface area (Å²) in [5.41, 5.74) is 0. The Balaban J connectivity index is 2.08. The summed E-state index contributed by atoms with van der Waals surface area (Å²) < 4.78 is 5.08. The highest BCUT2D eigenvalue weighted by Crippen LogP contribution is 2.36. The van der Waals surface area contributed by atoms with E-state index in [0.717, 1.165) is 25.3 Å². The summed E-state index contributed by atoms with van der Waals surface area (Å²) in [7, 11) is 1.58. The number of carbonyl (C=O) groups is 1. The lowest BCUT2D eigenvalue weighted by Crippen LogP contribution is -2.55. The molecule has 0 aromatic rings. The predicted octanol–water partition coefficient (Wildman–Crippen LogP) is 1.74. The van der Waals surface area contributed by atoms with Gasteiger partial charge in [0.05, 0.1) is 6.61 Å². The molecule has 0 radical (unpaired) electrons. The van der Waals surface area contributed by atoms with E-state index in [4.69, 9.17) is 4.74 Å². The molecule has 17 heavy (non-hydrogen) atoms. The lowest BCUT2D eigenvalue weighted by molar-refractivity contribution is -0.149. The molecule has 2 rings (SSSR count). The topological polar surface area (TPSA) is 49.8 Å². The number of methoxy groups -OCH3 is 1. The smallest absolute Gasteiger partial charge is 0.323 e. The highest BCUT2D eigenvalue weighted by atomic mass is 16.5. The molecule has 1 saturated heterocycles. The van der Waals surface area contributed by atoms with Gasteiger partial charge >= 0.3 is 5.97 Å². The molecule has 0 aromatic carbocycles. The summed E-state index contributed by atoms with van der Waals surface area (Å²) in [6.45, 7) is 1.22. The maximum absolute atomic E-state index is 11.3. The molecule has 0 amide bonds. The zero-order valence-corrected chi connectivity index (χ0v) is 10.6. The quantitative estimate of drug-likeness (QED) is 0.814. The minimum Gasteiger partial charge on any atom is -0.480 e. The molecule has 0 bridgehead atoms. The van der Waals surface area contributed by atoms with Crippen molar-refractivity contribution in [1.82, 2.24) is 4.90 Å². The highest BCUT2D eigenvalue weighted by Gasteiger charge is 2.39. The Morgan fingerprint density at radius 3 is 2.76 bits per heavy atom. The third kappa shape index (κ3) is 2.80. The Labute approximate surface area is 103 Å². The number of likely N-dealkylation sites (tertiary alicyclic amines) is 1. The predicted molar refractivity (Wildman–Crippen MR) is 65.0 cm³/mol. The first kappa shape index (κ1) is 12.8. The molecule has 4 heteroatoms. The second kappa shape index (κ2) is 5.83. The van der Waals surface area contributed by atoms with E-state index in [1.807, 2.05) is 0 Å². The summed E-state index contributed by atoms with van der Waals surface area (Å²) in [5.74, 6) is -0.0192. The Hall–Kier alpha value is -0.610. The molecule has 98 valence electrons. The van der Waals surface area contributed by atoms with E-state index in [-0.39, 0.29) is 0 Å². The van der Waals surface area contributed by atoms with Crippen molar-refractivity contribution in [1.29, 1.82) is 0 Å². The number of ether oxygens (including phenoxy) is 1. The van der Waals surface area contributed by atoms with Crippen LogP contribution in [0.4, 0.5) is 0 Å². The molecule has 1 heterocycles. The molecule has 2 aliphatic rings. The zero-order chi connectivity index (χ0) is 12.3. The summed E-state index contributed by atoms with van der Waals surface area (Å²) in [6.07, 6.45) is 7.42. The first-order chi connectivity index (χ1) is 8.24. The van der Waals surface area contributed by atoms with Crippen LogP contribution in [-0.4, -0.2) is 48.3 Å². The summed E-state index contributed by atoms with van der Waals surface area (Å²) in [4.78, 5) is 13.5. The van der Waals surface area contributed by atoms with Crippen molar-refractivity contribution >= 4 is 5.97 Å². The van der Waals surface area contributed by atoms with Gasteiger partial charge in [0.2, 0.25) is 0 Å². The van der Waals surface area contributed by atoms with Crippen LogP contribution in [0.1, 0.15) is 38.5 Å². The Morgan fingerprint density at radius 2 is 2.06 bits per heavy atom. The largest absolute Gasteiger partial charge is 0.480 e. The van der Waals surface area contributed by atoms with Crippen LogP contribution in [0, 0.1) is 5.92 Å². The minimum absolute atomic E-state index is 0.304. The van der Waals surface area contributed by atoms with Gasteiger partial charge in [0.1, 0.15) is 6.04 Å². The van der Waals surface area contributed by atoms with E-state index in [9.17, 15) is 9.90 Å². The molecular formula is C13H23NO3. The molecular weight excluding hydrogens is 218 g/mol. The van der Waals surface area contributed by atoms with E-state index in [0.29, 0.717) is 12.6 Å². The monoisotopic (exact) mass is 241 g/mol. The lowest BCUT2D eigenvalue weighted by atomic mass is 9.78. The van der Waals surface area contributed by atoms with Crippen molar-refractivity contribution in [2.24, 2.45) is 5.92 Å². The number of hydrogen-bond donors (Lipinski definition) is 1. The number of hydrogen-bond acceptors (Lipinski definition) is 3. The molecule has 3 atom stereocenters. The van der Waals surface area contributed by atoms with E-state index in [1.165, 1.54) is 25.7 Å². The van der Waals surface area contributed by atoms with Crippen molar-refractivity contribution in [2.75, 3.05) is 20.3 Å². The number of aliphatic carboxylic acids is 1. The van der Waals surface area contributed by atoms with Crippen LogP contribution in [0.3, 0.4) is 0 Å². The molecule has 0 spiro atoms. The SMILES string of the molecule is COCC(C(=O)O)N1CCC[C@H]2CCCC[C@H]21. The first-order valence-corrected chi connectivity index (χ1v) is 6.71. The molecule has 1 aliphatic heterocycles. The van der Waals surface area contributed by atoms with Crippen LogP contribution >= 0.6 is 0 Å². The van der Waals surface area contributed by atoms with Gasteiger partial charge in [0, 0.05) is 13.2 Å². The fourth-order valence-corrected chi connectivity index (χ4v) is 3.52. The molecule has 1 N–H and O–H groups in total. The molecule has 4 nitrogen and oxygen atoms in total. The molecule has 0 aromatic heterocycles.